The number of fused-ring (bicyclic) bond motifs is 1. The van der Waals surface area contributed by atoms with Gasteiger partial charge in [0.2, 0.25) is 11.8 Å². The third kappa shape index (κ3) is 4.39. The van der Waals surface area contributed by atoms with Crippen LogP contribution in [0.5, 0.6) is 0 Å². The summed E-state index contributed by atoms with van der Waals surface area (Å²) < 4.78 is 25.0. The molecule has 3 aromatic heterocycles. The number of nitrogens with one attached hydrogen (secondary N) is 1. The molecule has 0 atom stereocenters. The SMILES string of the molecule is Cc1cc(Cl)nc(NC(=O)c2nc(CN3CCS(=O)(=O)CC3)c3ccccn23)n1. The van der Waals surface area contributed by atoms with E-state index in [0.717, 1.165) is 5.52 Å². The Balaban J connectivity index is 1.61. The van der Waals surface area contributed by atoms with Gasteiger partial charge in [0.05, 0.1) is 22.7 Å². The maximum absolute atomic E-state index is 12.8. The number of nitrogens with zero attached hydrogens (tertiary/aromatic N) is 5. The molecule has 0 unspecified atom stereocenters. The monoisotopic (exact) mass is 434 g/mol. The van der Waals surface area contributed by atoms with Gasteiger partial charge in [0.1, 0.15) is 5.15 Å². The van der Waals surface area contributed by atoms with E-state index < -0.39 is 15.7 Å². The van der Waals surface area contributed by atoms with E-state index in [9.17, 15) is 13.2 Å². The van der Waals surface area contributed by atoms with E-state index in [1.165, 1.54) is 0 Å². The van der Waals surface area contributed by atoms with Crippen molar-refractivity contribution in [3.63, 3.8) is 0 Å². The van der Waals surface area contributed by atoms with Crippen molar-refractivity contribution in [3.05, 3.63) is 52.8 Å². The summed E-state index contributed by atoms with van der Waals surface area (Å²) in [4.78, 5) is 27.6. The number of carbonyl (C=O) groups is 1. The minimum Gasteiger partial charge on any atom is -0.295 e. The van der Waals surface area contributed by atoms with Crippen LogP contribution < -0.4 is 5.32 Å². The minimum atomic E-state index is -2.96. The molecule has 1 fully saturated rings. The van der Waals surface area contributed by atoms with Crippen molar-refractivity contribution in [3.8, 4) is 0 Å². The number of sulfone groups is 1. The molecular weight excluding hydrogens is 416 g/mol. The predicted molar refractivity (Wildman–Crippen MR) is 109 cm³/mol. The number of pyridine rings is 1. The van der Waals surface area contributed by atoms with Crippen molar-refractivity contribution in [2.24, 2.45) is 0 Å². The number of carbonyl (C=O) groups excluding carboxylic acids is 1. The highest BCUT2D eigenvalue weighted by Gasteiger charge is 2.24. The summed E-state index contributed by atoms with van der Waals surface area (Å²) in [5, 5.41) is 2.88. The zero-order chi connectivity index (χ0) is 20.6. The summed E-state index contributed by atoms with van der Waals surface area (Å²) in [6.45, 7) is 3.12. The summed E-state index contributed by atoms with van der Waals surface area (Å²) in [6, 6.07) is 7.15. The normalized spacial score (nSPS) is 16.8. The summed E-state index contributed by atoms with van der Waals surface area (Å²) in [6.07, 6.45) is 1.76. The first-order chi connectivity index (χ1) is 13.8. The molecule has 0 saturated carbocycles. The van der Waals surface area contributed by atoms with Crippen LogP contribution in [0.15, 0.2) is 30.5 Å². The Bertz CT molecular complexity index is 1160. The molecule has 11 heteroatoms. The van der Waals surface area contributed by atoms with Gasteiger partial charge in [0, 0.05) is 31.5 Å². The average molecular weight is 435 g/mol. The van der Waals surface area contributed by atoms with Gasteiger partial charge < -0.3 is 0 Å². The molecule has 9 nitrogen and oxygen atoms in total. The standard InChI is InChI=1S/C18H19ClN6O3S/c1-12-10-15(19)22-18(20-12)23-17(26)16-21-13(14-4-2-3-5-25(14)16)11-24-6-8-29(27,28)9-7-24/h2-5,10H,6-9,11H2,1H3,(H,20,22,23,26). The number of hydrogen-bond acceptors (Lipinski definition) is 7. The molecule has 0 bridgehead atoms. The zero-order valence-electron chi connectivity index (χ0n) is 15.7. The van der Waals surface area contributed by atoms with E-state index in [-0.39, 0.29) is 28.4 Å². The topological polar surface area (TPSA) is 110 Å². The molecule has 1 aliphatic rings. The van der Waals surface area contributed by atoms with Crippen LogP contribution in [-0.4, -0.2) is 63.2 Å². The molecule has 29 heavy (non-hydrogen) atoms. The number of amides is 1. The predicted octanol–water partition coefficient (Wildman–Crippen LogP) is 1.57. The van der Waals surface area contributed by atoms with Crippen molar-refractivity contribution < 1.29 is 13.2 Å². The van der Waals surface area contributed by atoms with Crippen LogP contribution >= 0.6 is 11.6 Å². The largest absolute Gasteiger partial charge is 0.295 e. The van der Waals surface area contributed by atoms with Gasteiger partial charge in [-0.15, -0.1) is 0 Å². The van der Waals surface area contributed by atoms with E-state index in [2.05, 4.69) is 20.3 Å². The lowest BCUT2D eigenvalue weighted by atomic mass is 10.3. The lowest BCUT2D eigenvalue weighted by Gasteiger charge is -2.25. The average Bonchev–Trinajstić information content (AvgIpc) is 3.01. The van der Waals surface area contributed by atoms with E-state index in [1.807, 2.05) is 23.1 Å². The molecule has 4 heterocycles. The minimum absolute atomic E-state index is 0.107. The Morgan fingerprint density at radius 1 is 1.21 bits per heavy atom. The van der Waals surface area contributed by atoms with Gasteiger partial charge >= 0.3 is 0 Å². The van der Waals surface area contributed by atoms with Gasteiger partial charge in [0.15, 0.2) is 9.84 Å². The fourth-order valence-corrected chi connectivity index (χ4v) is 4.76. The fraction of sp³-hybridized carbons (Fsp3) is 0.333. The number of rotatable bonds is 4. The van der Waals surface area contributed by atoms with Crippen LogP contribution in [0.1, 0.15) is 22.0 Å². The molecule has 1 aliphatic heterocycles. The second-order valence-corrected chi connectivity index (χ2v) is 9.57. The summed E-state index contributed by atoms with van der Waals surface area (Å²) >= 11 is 5.94. The van der Waals surface area contributed by atoms with Crippen molar-refractivity contribution in [1.82, 2.24) is 24.3 Å². The molecular formula is C18H19ClN6O3S. The maximum atomic E-state index is 12.8. The molecule has 0 spiro atoms. The second kappa shape index (κ2) is 7.69. The molecule has 1 saturated heterocycles. The Kier molecular flexibility index (Phi) is 5.24. The van der Waals surface area contributed by atoms with Crippen LogP contribution in [0, 0.1) is 6.92 Å². The van der Waals surface area contributed by atoms with Gasteiger partial charge in [0.25, 0.3) is 5.91 Å². The number of aryl methyl sites for hydroxylation is 1. The number of anilines is 1. The highest BCUT2D eigenvalue weighted by atomic mass is 35.5. The summed E-state index contributed by atoms with van der Waals surface area (Å²) in [5.74, 6) is 0.118. The quantitative estimate of drug-likeness (QED) is 0.620. The first kappa shape index (κ1) is 19.7. The van der Waals surface area contributed by atoms with Crippen molar-refractivity contribution >= 4 is 38.8 Å². The van der Waals surface area contributed by atoms with Crippen LogP contribution in [0.2, 0.25) is 5.15 Å². The molecule has 0 radical (unpaired) electrons. The first-order valence-corrected chi connectivity index (χ1v) is 11.2. The fourth-order valence-electron chi connectivity index (χ4n) is 3.24. The Morgan fingerprint density at radius 3 is 2.69 bits per heavy atom. The van der Waals surface area contributed by atoms with E-state index >= 15 is 0 Å². The van der Waals surface area contributed by atoms with Gasteiger partial charge in [-0.05, 0) is 25.1 Å². The Hall–Kier alpha value is -2.56. The number of hydrogen-bond donors (Lipinski definition) is 1. The van der Waals surface area contributed by atoms with Gasteiger partial charge in [-0.1, -0.05) is 17.7 Å². The molecule has 1 N–H and O–H groups in total. The summed E-state index contributed by atoms with van der Waals surface area (Å²) in [7, 11) is -2.96. The van der Waals surface area contributed by atoms with Gasteiger partial charge in [-0.2, -0.15) is 0 Å². The van der Waals surface area contributed by atoms with E-state index in [4.69, 9.17) is 11.6 Å². The molecule has 152 valence electrons. The maximum Gasteiger partial charge on any atom is 0.294 e. The highest BCUT2D eigenvalue weighted by Crippen LogP contribution is 2.18. The lowest BCUT2D eigenvalue weighted by Crippen LogP contribution is -2.39. The van der Waals surface area contributed by atoms with Crippen LogP contribution in [-0.2, 0) is 16.4 Å². The second-order valence-electron chi connectivity index (χ2n) is 6.88. The van der Waals surface area contributed by atoms with E-state index in [1.54, 1.807) is 23.6 Å². The molecule has 3 aromatic rings. The van der Waals surface area contributed by atoms with Gasteiger partial charge in [-0.25, -0.2) is 23.4 Å². The van der Waals surface area contributed by atoms with Gasteiger partial charge in [-0.3, -0.25) is 19.4 Å². The number of halogens is 1. The van der Waals surface area contributed by atoms with E-state index in [0.29, 0.717) is 31.0 Å². The number of imidazole rings is 1. The van der Waals surface area contributed by atoms with Crippen molar-refractivity contribution in [2.75, 3.05) is 29.9 Å². The molecule has 0 aromatic carbocycles. The van der Waals surface area contributed by atoms with Crippen LogP contribution in [0.3, 0.4) is 0 Å². The zero-order valence-corrected chi connectivity index (χ0v) is 17.2. The third-order valence-electron chi connectivity index (χ3n) is 4.69. The van der Waals surface area contributed by atoms with Crippen LogP contribution in [0.4, 0.5) is 5.95 Å². The summed E-state index contributed by atoms with van der Waals surface area (Å²) in [5.41, 5.74) is 2.13. The van der Waals surface area contributed by atoms with Crippen LogP contribution in [0.25, 0.3) is 5.52 Å². The Labute approximate surface area is 172 Å². The Morgan fingerprint density at radius 2 is 1.97 bits per heavy atom. The van der Waals surface area contributed by atoms with Crippen molar-refractivity contribution in [1.29, 1.82) is 0 Å². The molecule has 4 rings (SSSR count). The third-order valence-corrected chi connectivity index (χ3v) is 6.49. The first-order valence-electron chi connectivity index (χ1n) is 9.02. The number of aromatic nitrogens is 4. The molecule has 1 amide bonds. The highest BCUT2D eigenvalue weighted by molar-refractivity contribution is 7.91. The molecule has 0 aliphatic carbocycles. The van der Waals surface area contributed by atoms with Crippen molar-refractivity contribution in [2.45, 2.75) is 13.5 Å². The lowest BCUT2D eigenvalue weighted by molar-refractivity contribution is 0.101. The smallest absolute Gasteiger partial charge is 0.294 e.